The Morgan fingerprint density at radius 1 is 1.55 bits per heavy atom. The van der Waals surface area contributed by atoms with Crippen LogP contribution in [0.4, 0.5) is 4.79 Å². The van der Waals surface area contributed by atoms with Crippen LogP contribution in [0.15, 0.2) is 21.9 Å². The Morgan fingerprint density at radius 3 is 2.94 bits per heavy atom. The summed E-state index contributed by atoms with van der Waals surface area (Å²) in [6.45, 7) is 5.57. The van der Waals surface area contributed by atoms with Gasteiger partial charge in [0.1, 0.15) is 6.10 Å². The summed E-state index contributed by atoms with van der Waals surface area (Å²) in [5, 5.41) is 21.3. The number of hydrogen-bond acceptors (Lipinski definition) is 8. The topological polar surface area (TPSA) is 109 Å². The summed E-state index contributed by atoms with van der Waals surface area (Å²) in [6.07, 6.45) is 6.34. The Kier molecular flexibility index (Phi) is 8.37. The molecule has 3 rings (SSSR count). The number of aromatic carboxylic acids is 1. The smallest absolute Gasteiger partial charge is 0.410 e. The number of carboxylic acid groups (broad SMARTS) is 1. The highest BCUT2D eigenvalue weighted by molar-refractivity contribution is 8.01. The largest absolute Gasteiger partial charge is 0.476 e. The lowest BCUT2D eigenvalue weighted by atomic mass is 9.63. The van der Waals surface area contributed by atoms with Crippen molar-refractivity contribution >= 4 is 35.2 Å². The molecule has 1 saturated heterocycles. The number of thioether (sulfide) groups is 1. The highest BCUT2D eigenvalue weighted by Gasteiger charge is 2.43. The first-order chi connectivity index (χ1) is 14.9. The predicted octanol–water partition coefficient (Wildman–Crippen LogP) is 3.66. The SMILES string of the molecule is CCOCCC1(C(O)C=C[C@H]2[C@H](C)OC(=O)N2CCSc2nc(C(=O)O)cs2)CCC1. The number of aromatic nitrogens is 1. The van der Waals surface area contributed by atoms with Crippen LogP contribution in [-0.2, 0) is 9.47 Å². The van der Waals surface area contributed by atoms with Gasteiger partial charge in [-0.05, 0) is 33.1 Å². The van der Waals surface area contributed by atoms with Gasteiger partial charge in [-0.3, -0.25) is 4.90 Å². The van der Waals surface area contributed by atoms with Gasteiger partial charge in [-0.15, -0.1) is 11.3 Å². The number of cyclic esters (lactones) is 1. The molecular formula is C21H30N2O6S2. The molecule has 0 bridgehead atoms. The molecule has 2 fully saturated rings. The zero-order valence-corrected chi connectivity index (χ0v) is 19.5. The predicted molar refractivity (Wildman–Crippen MR) is 119 cm³/mol. The van der Waals surface area contributed by atoms with E-state index in [4.69, 9.17) is 14.6 Å². The number of hydrogen-bond donors (Lipinski definition) is 2. The number of ether oxygens (including phenoxy) is 2. The molecule has 1 aliphatic heterocycles. The van der Waals surface area contributed by atoms with E-state index in [9.17, 15) is 14.7 Å². The summed E-state index contributed by atoms with van der Waals surface area (Å²) in [7, 11) is 0. The minimum atomic E-state index is -1.05. The Labute approximate surface area is 190 Å². The van der Waals surface area contributed by atoms with Crippen LogP contribution in [0.25, 0.3) is 0 Å². The number of aliphatic hydroxyl groups is 1. The molecule has 0 radical (unpaired) electrons. The van der Waals surface area contributed by atoms with Gasteiger partial charge in [0.15, 0.2) is 10.0 Å². The fraction of sp³-hybridized carbons (Fsp3) is 0.667. The Hall–Kier alpha value is -1.62. The van der Waals surface area contributed by atoms with E-state index in [0.717, 1.165) is 25.7 Å². The van der Waals surface area contributed by atoms with Gasteiger partial charge in [-0.2, -0.15) is 0 Å². The van der Waals surface area contributed by atoms with Crippen LogP contribution in [0.5, 0.6) is 0 Å². The van der Waals surface area contributed by atoms with E-state index in [1.54, 1.807) is 4.90 Å². The number of amides is 1. The van der Waals surface area contributed by atoms with Crippen molar-refractivity contribution in [1.82, 2.24) is 9.88 Å². The monoisotopic (exact) mass is 470 g/mol. The molecule has 1 amide bonds. The standard InChI is InChI=1S/C21H30N2O6S2/c1-3-28-11-9-21(7-4-8-21)17(24)6-5-16-14(2)29-20(27)23(16)10-12-30-19-22-15(13-31-19)18(25)26/h5-6,13-14,16-17,24H,3-4,7-12H2,1-2H3,(H,25,26)/t14-,16-,17?/m0/s1. The molecule has 31 heavy (non-hydrogen) atoms. The maximum absolute atomic E-state index is 12.3. The van der Waals surface area contributed by atoms with Crippen LogP contribution >= 0.6 is 23.1 Å². The van der Waals surface area contributed by atoms with Gasteiger partial charge >= 0.3 is 12.1 Å². The van der Waals surface area contributed by atoms with Crippen LogP contribution in [0.2, 0.25) is 0 Å². The molecule has 10 heteroatoms. The van der Waals surface area contributed by atoms with E-state index in [1.807, 2.05) is 26.0 Å². The number of rotatable bonds is 12. The lowest BCUT2D eigenvalue weighted by Crippen LogP contribution is -2.42. The third kappa shape index (κ3) is 5.79. The van der Waals surface area contributed by atoms with Crippen LogP contribution in [-0.4, -0.2) is 75.9 Å². The molecule has 1 aromatic rings. The van der Waals surface area contributed by atoms with Gasteiger partial charge in [0.2, 0.25) is 0 Å². The quantitative estimate of drug-likeness (QED) is 0.271. The van der Waals surface area contributed by atoms with E-state index in [0.29, 0.717) is 29.9 Å². The molecule has 2 heterocycles. The van der Waals surface area contributed by atoms with E-state index in [2.05, 4.69) is 4.98 Å². The van der Waals surface area contributed by atoms with Crippen molar-refractivity contribution in [1.29, 1.82) is 0 Å². The average molecular weight is 471 g/mol. The second kappa shape index (κ2) is 10.8. The highest BCUT2D eigenvalue weighted by atomic mass is 32.2. The summed E-state index contributed by atoms with van der Waals surface area (Å²) in [5.41, 5.74) is -0.100. The highest BCUT2D eigenvalue weighted by Crippen LogP contribution is 2.47. The minimum absolute atomic E-state index is 0.0331. The van der Waals surface area contributed by atoms with Gasteiger partial charge in [0.25, 0.3) is 0 Å². The molecule has 1 saturated carbocycles. The normalized spacial score (nSPS) is 23.7. The summed E-state index contributed by atoms with van der Waals surface area (Å²) in [6, 6.07) is -0.252. The molecule has 1 aromatic heterocycles. The summed E-state index contributed by atoms with van der Waals surface area (Å²) in [5.74, 6) is -0.478. The van der Waals surface area contributed by atoms with Crippen LogP contribution < -0.4 is 0 Å². The van der Waals surface area contributed by atoms with Crippen molar-refractivity contribution in [2.45, 2.75) is 62.1 Å². The van der Waals surface area contributed by atoms with E-state index in [-0.39, 0.29) is 29.3 Å². The molecule has 2 aliphatic rings. The van der Waals surface area contributed by atoms with Crippen LogP contribution in [0, 0.1) is 5.41 Å². The first-order valence-electron chi connectivity index (χ1n) is 10.6. The number of carbonyl (C=O) groups is 2. The van der Waals surface area contributed by atoms with Crippen molar-refractivity contribution in [2.24, 2.45) is 5.41 Å². The minimum Gasteiger partial charge on any atom is -0.476 e. The Balaban J connectivity index is 1.56. The lowest BCUT2D eigenvalue weighted by molar-refractivity contribution is -0.0327. The maximum atomic E-state index is 12.3. The van der Waals surface area contributed by atoms with Crippen LogP contribution in [0.1, 0.15) is 50.0 Å². The third-order valence-electron chi connectivity index (χ3n) is 6.04. The lowest BCUT2D eigenvalue weighted by Gasteiger charge is -2.45. The van der Waals surface area contributed by atoms with Crippen molar-refractivity contribution in [2.75, 3.05) is 25.5 Å². The van der Waals surface area contributed by atoms with Gasteiger partial charge < -0.3 is 19.7 Å². The van der Waals surface area contributed by atoms with Crippen molar-refractivity contribution in [3.05, 3.63) is 23.2 Å². The van der Waals surface area contributed by atoms with Gasteiger partial charge in [-0.1, -0.05) is 30.3 Å². The maximum Gasteiger partial charge on any atom is 0.410 e. The van der Waals surface area contributed by atoms with E-state index >= 15 is 0 Å². The Morgan fingerprint density at radius 2 is 2.32 bits per heavy atom. The molecule has 0 spiro atoms. The zero-order valence-electron chi connectivity index (χ0n) is 17.9. The molecular weight excluding hydrogens is 440 g/mol. The van der Waals surface area contributed by atoms with Crippen molar-refractivity contribution in [3.8, 4) is 0 Å². The molecule has 1 unspecified atom stereocenters. The van der Waals surface area contributed by atoms with Crippen molar-refractivity contribution in [3.63, 3.8) is 0 Å². The van der Waals surface area contributed by atoms with Gasteiger partial charge in [0, 0.05) is 36.3 Å². The van der Waals surface area contributed by atoms with Crippen LogP contribution in [0.3, 0.4) is 0 Å². The number of nitrogens with zero attached hydrogens (tertiary/aromatic N) is 2. The Bertz CT molecular complexity index is 795. The molecule has 3 atom stereocenters. The molecule has 2 N–H and O–H groups in total. The fourth-order valence-corrected chi connectivity index (χ4v) is 5.80. The average Bonchev–Trinajstić information content (AvgIpc) is 3.27. The molecule has 172 valence electrons. The third-order valence-corrected chi connectivity index (χ3v) is 8.04. The first-order valence-corrected chi connectivity index (χ1v) is 12.5. The summed E-state index contributed by atoms with van der Waals surface area (Å²) in [4.78, 5) is 29.0. The second-order valence-corrected chi connectivity index (χ2v) is 10.1. The van der Waals surface area contributed by atoms with Gasteiger partial charge in [0.05, 0.1) is 12.1 Å². The fourth-order valence-electron chi connectivity index (χ4n) is 3.99. The molecule has 0 aromatic carbocycles. The van der Waals surface area contributed by atoms with Gasteiger partial charge in [-0.25, -0.2) is 14.6 Å². The van der Waals surface area contributed by atoms with E-state index in [1.165, 1.54) is 28.5 Å². The molecule has 1 aliphatic carbocycles. The number of carbonyl (C=O) groups excluding carboxylic acids is 1. The molecule has 8 nitrogen and oxygen atoms in total. The summed E-state index contributed by atoms with van der Waals surface area (Å²) < 4.78 is 11.5. The van der Waals surface area contributed by atoms with Crippen molar-refractivity contribution < 1.29 is 29.3 Å². The summed E-state index contributed by atoms with van der Waals surface area (Å²) >= 11 is 2.69. The second-order valence-electron chi connectivity index (χ2n) is 7.92. The number of carboxylic acids is 1. The van der Waals surface area contributed by atoms with E-state index < -0.39 is 12.1 Å². The first kappa shape index (κ1) is 24.0. The number of aliphatic hydroxyl groups excluding tert-OH is 1. The zero-order chi connectivity index (χ0) is 22.4. The number of thiazole rings is 1.